The molecule has 0 aliphatic heterocycles. The molecule has 0 aliphatic carbocycles. The lowest BCUT2D eigenvalue weighted by atomic mass is 10.3. The van der Waals surface area contributed by atoms with Crippen molar-refractivity contribution in [3.63, 3.8) is 0 Å². The zero-order valence-corrected chi connectivity index (χ0v) is 6.02. The number of thiophene rings is 1. The van der Waals surface area contributed by atoms with Gasteiger partial charge in [-0.2, -0.15) is 5.26 Å². The molecule has 0 aliphatic rings. The topological polar surface area (TPSA) is 59.0 Å². The van der Waals surface area contributed by atoms with E-state index in [9.17, 15) is 0 Å². The summed E-state index contributed by atoms with van der Waals surface area (Å²) in [4.78, 5) is 5.36. The smallest absolute Gasteiger partial charge is 0.102 e. The maximum atomic E-state index is 8.40. The molecule has 0 saturated carbocycles. The zero-order chi connectivity index (χ0) is 7.40. The van der Waals surface area contributed by atoms with Gasteiger partial charge in [0.05, 0.1) is 5.56 Å². The summed E-state index contributed by atoms with van der Waals surface area (Å²) in [6.07, 6.45) is 0. The first kappa shape index (κ1) is 7.22. The minimum absolute atomic E-state index is 0.381. The van der Waals surface area contributed by atoms with E-state index in [0.29, 0.717) is 12.2 Å². The molecule has 0 spiro atoms. The van der Waals surface area contributed by atoms with Gasteiger partial charge in [0, 0.05) is 10.3 Å². The van der Waals surface area contributed by atoms with Crippen LogP contribution in [0.4, 0.5) is 0 Å². The molecule has 0 aromatic carbocycles. The highest BCUT2D eigenvalue weighted by atomic mass is 32.1. The van der Waals surface area contributed by atoms with Crippen molar-refractivity contribution in [1.29, 1.82) is 5.26 Å². The summed E-state index contributed by atoms with van der Waals surface area (Å²) in [7, 11) is 0. The van der Waals surface area contributed by atoms with Gasteiger partial charge in [-0.15, -0.1) is 11.3 Å². The third kappa shape index (κ3) is 1.54. The molecule has 52 valence electrons. The minimum atomic E-state index is 0.381. The van der Waals surface area contributed by atoms with Gasteiger partial charge in [-0.1, -0.05) is 0 Å². The van der Waals surface area contributed by atoms with Crippen molar-refractivity contribution in [1.82, 2.24) is 0 Å². The quantitative estimate of drug-likeness (QED) is 0.647. The normalized spacial score (nSPS) is 9.20. The summed E-state index contributed by atoms with van der Waals surface area (Å²) in [6.45, 7) is 0.381. The van der Waals surface area contributed by atoms with E-state index in [1.165, 1.54) is 11.3 Å². The fraction of sp³-hybridized carbons (Fsp3) is 0.167. The van der Waals surface area contributed by atoms with Crippen molar-refractivity contribution in [2.75, 3.05) is 0 Å². The largest absolute Gasteiger partial charge is 0.299 e. The Kier molecular flexibility index (Phi) is 2.40. The summed E-state index contributed by atoms with van der Waals surface area (Å²) >= 11 is 1.47. The van der Waals surface area contributed by atoms with E-state index in [0.717, 1.165) is 4.88 Å². The molecule has 0 amide bonds. The first-order valence-corrected chi connectivity index (χ1v) is 3.54. The molecule has 0 saturated heterocycles. The lowest BCUT2D eigenvalue weighted by Gasteiger charge is -1.88. The molecule has 1 rings (SSSR count). The van der Waals surface area contributed by atoms with Crippen LogP contribution in [0.15, 0.2) is 11.4 Å². The van der Waals surface area contributed by atoms with Crippen molar-refractivity contribution < 1.29 is 4.84 Å². The standard InChI is InChI=1S/C6H6N2OS/c7-2-5-1-6(3-9-8)10-4-5/h1,4H,3,8H2. The molecule has 1 heterocycles. The molecule has 0 fully saturated rings. The molecular weight excluding hydrogens is 148 g/mol. The van der Waals surface area contributed by atoms with E-state index >= 15 is 0 Å². The molecule has 2 N–H and O–H groups in total. The molecule has 0 bridgehead atoms. The second kappa shape index (κ2) is 3.32. The molecule has 0 atom stereocenters. The van der Waals surface area contributed by atoms with Crippen LogP contribution in [0.2, 0.25) is 0 Å². The van der Waals surface area contributed by atoms with Crippen LogP contribution in [0.3, 0.4) is 0 Å². The molecule has 3 nitrogen and oxygen atoms in total. The van der Waals surface area contributed by atoms with Crippen molar-refractivity contribution in [2.24, 2.45) is 5.90 Å². The van der Waals surface area contributed by atoms with Crippen LogP contribution in [0, 0.1) is 11.3 Å². The van der Waals surface area contributed by atoms with E-state index in [4.69, 9.17) is 11.2 Å². The SMILES string of the molecule is N#Cc1csc(CON)c1. The van der Waals surface area contributed by atoms with Gasteiger partial charge in [0.15, 0.2) is 0 Å². The van der Waals surface area contributed by atoms with E-state index in [1.54, 1.807) is 11.4 Å². The van der Waals surface area contributed by atoms with Crippen LogP contribution in [0.25, 0.3) is 0 Å². The average Bonchev–Trinajstić information content (AvgIpc) is 2.37. The van der Waals surface area contributed by atoms with Gasteiger partial charge < -0.3 is 0 Å². The second-order valence-electron chi connectivity index (χ2n) is 1.72. The predicted molar refractivity (Wildman–Crippen MR) is 38.0 cm³/mol. The van der Waals surface area contributed by atoms with E-state index in [2.05, 4.69) is 4.84 Å². The summed E-state index contributed by atoms with van der Waals surface area (Å²) in [6, 6.07) is 3.78. The second-order valence-corrected chi connectivity index (χ2v) is 2.72. The van der Waals surface area contributed by atoms with Gasteiger partial charge in [-0.3, -0.25) is 4.84 Å². The highest BCUT2D eigenvalue weighted by Crippen LogP contribution is 2.13. The number of rotatable bonds is 2. The highest BCUT2D eigenvalue weighted by molar-refractivity contribution is 7.10. The third-order valence-corrected chi connectivity index (χ3v) is 1.92. The molecule has 1 aromatic heterocycles. The first-order valence-electron chi connectivity index (χ1n) is 2.66. The number of nitriles is 1. The molecule has 10 heavy (non-hydrogen) atoms. The van der Waals surface area contributed by atoms with Gasteiger partial charge in [-0.25, -0.2) is 5.90 Å². The Bertz CT molecular complexity index is 250. The van der Waals surface area contributed by atoms with Crippen LogP contribution >= 0.6 is 11.3 Å². The van der Waals surface area contributed by atoms with Crippen molar-refractivity contribution >= 4 is 11.3 Å². The fourth-order valence-corrected chi connectivity index (χ4v) is 1.33. The number of hydrogen-bond donors (Lipinski definition) is 1. The van der Waals surface area contributed by atoms with Crippen LogP contribution in [0.1, 0.15) is 10.4 Å². The van der Waals surface area contributed by atoms with E-state index in [1.807, 2.05) is 6.07 Å². The van der Waals surface area contributed by atoms with E-state index < -0.39 is 0 Å². The Labute approximate surface area is 62.6 Å². The maximum absolute atomic E-state index is 8.40. The summed E-state index contributed by atoms with van der Waals surface area (Å²) in [5.41, 5.74) is 0.664. The lowest BCUT2D eigenvalue weighted by Crippen LogP contribution is -1.96. The highest BCUT2D eigenvalue weighted by Gasteiger charge is 1.96. The minimum Gasteiger partial charge on any atom is -0.299 e. The first-order chi connectivity index (χ1) is 4.86. The van der Waals surface area contributed by atoms with Gasteiger partial charge in [-0.05, 0) is 6.07 Å². The third-order valence-electron chi connectivity index (χ3n) is 1.01. The lowest BCUT2D eigenvalue weighted by molar-refractivity contribution is 0.126. The molecular formula is C6H6N2OS. The van der Waals surface area contributed by atoms with Gasteiger partial charge in [0.1, 0.15) is 12.7 Å². The van der Waals surface area contributed by atoms with Crippen molar-refractivity contribution in [3.8, 4) is 6.07 Å². The Morgan fingerprint density at radius 2 is 2.60 bits per heavy atom. The van der Waals surface area contributed by atoms with Gasteiger partial charge in [0.25, 0.3) is 0 Å². The molecule has 4 heteroatoms. The Balaban J connectivity index is 2.71. The Morgan fingerprint density at radius 3 is 3.10 bits per heavy atom. The maximum Gasteiger partial charge on any atom is 0.102 e. The Morgan fingerprint density at radius 1 is 1.80 bits per heavy atom. The van der Waals surface area contributed by atoms with Crippen LogP contribution in [-0.2, 0) is 11.4 Å². The van der Waals surface area contributed by atoms with Gasteiger partial charge in [0.2, 0.25) is 0 Å². The number of nitrogens with zero attached hydrogens (tertiary/aromatic N) is 1. The summed E-state index contributed by atoms with van der Waals surface area (Å²) in [5.74, 6) is 4.84. The molecule has 1 aromatic rings. The van der Waals surface area contributed by atoms with Crippen LogP contribution in [0.5, 0.6) is 0 Å². The number of hydrogen-bond acceptors (Lipinski definition) is 4. The monoisotopic (exact) mass is 154 g/mol. The zero-order valence-electron chi connectivity index (χ0n) is 5.20. The van der Waals surface area contributed by atoms with Crippen LogP contribution in [-0.4, -0.2) is 0 Å². The molecule has 0 radical (unpaired) electrons. The van der Waals surface area contributed by atoms with Crippen molar-refractivity contribution in [2.45, 2.75) is 6.61 Å². The Hall–Kier alpha value is -0.890. The summed E-state index contributed by atoms with van der Waals surface area (Å²) in [5, 5.41) is 10.2. The fourth-order valence-electron chi connectivity index (χ4n) is 0.597. The molecule has 0 unspecified atom stereocenters. The van der Waals surface area contributed by atoms with Crippen LogP contribution < -0.4 is 5.90 Å². The average molecular weight is 154 g/mol. The van der Waals surface area contributed by atoms with E-state index in [-0.39, 0.29) is 0 Å². The van der Waals surface area contributed by atoms with Crippen molar-refractivity contribution in [3.05, 3.63) is 21.9 Å². The van der Waals surface area contributed by atoms with Gasteiger partial charge >= 0.3 is 0 Å². The number of nitrogens with two attached hydrogens (primary N) is 1. The summed E-state index contributed by atoms with van der Waals surface area (Å²) < 4.78 is 0. The predicted octanol–water partition coefficient (Wildman–Crippen LogP) is 1.01.